The zero-order valence-electron chi connectivity index (χ0n) is 17.0. The number of carbonyl (C=O) groups excluding carboxylic acids is 2. The maximum atomic E-state index is 13.4. The number of nitrogens with zero attached hydrogens (tertiary/aromatic N) is 3. The normalized spacial score (nSPS) is 27.8. The van der Waals surface area contributed by atoms with E-state index in [-0.39, 0.29) is 30.1 Å². The van der Waals surface area contributed by atoms with Crippen LogP contribution in [0, 0.1) is 5.92 Å². The maximum Gasteiger partial charge on any atom is 0.231 e. The van der Waals surface area contributed by atoms with Gasteiger partial charge in [0.1, 0.15) is 5.84 Å². The predicted molar refractivity (Wildman–Crippen MR) is 114 cm³/mol. The van der Waals surface area contributed by atoms with Gasteiger partial charge in [-0.3, -0.25) is 19.9 Å². The van der Waals surface area contributed by atoms with Crippen molar-refractivity contribution in [2.45, 2.75) is 76.3 Å². The Hall–Kier alpha value is -2.28. The summed E-state index contributed by atoms with van der Waals surface area (Å²) in [6, 6.07) is 8.18. The highest BCUT2D eigenvalue weighted by Crippen LogP contribution is 2.38. The van der Waals surface area contributed by atoms with Crippen LogP contribution in [-0.4, -0.2) is 45.8 Å². The number of amidine groups is 1. The van der Waals surface area contributed by atoms with E-state index >= 15 is 0 Å². The maximum absolute atomic E-state index is 13.4. The summed E-state index contributed by atoms with van der Waals surface area (Å²) in [6.45, 7) is 0.445. The van der Waals surface area contributed by atoms with Gasteiger partial charge < -0.3 is 10.2 Å². The Morgan fingerprint density at radius 3 is 2.80 bits per heavy atom. The van der Waals surface area contributed by atoms with Gasteiger partial charge in [-0.15, -0.1) is 0 Å². The van der Waals surface area contributed by atoms with Gasteiger partial charge in [0.2, 0.25) is 11.8 Å². The first kappa shape index (κ1) is 19.7. The Morgan fingerprint density at radius 1 is 1.20 bits per heavy atom. The van der Waals surface area contributed by atoms with Crippen molar-refractivity contribution in [3.8, 4) is 0 Å². The molecule has 3 atom stereocenters. The van der Waals surface area contributed by atoms with E-state index in [1.807, 2.05) is 29.2 Å². The molecule has 0 radical (unpaired) electrons. The SMILES string of the molecule is O=C(CCC1=NNC2N(Cc3ccccc3Cl)C(=O)C3CCCCC3N12)NC1CC1. The zero-order chi connectivity index (χ0) is 20.7. The molecule has 0 aromatic heterocycles. The van der Waals surface area contributed by atoms with Crippen molar-refractivity contribution in [1.29, 1.82) is 0 Å². The summed E-state index contributed by atoms with van der Waals surface area (Å²) in [4.78, 5) is 29.8. The Balaban J connectivity index is 1.35. The summed E-state index contributed by atoms with van der Waals surface area (Å²) in [5, 5.41) is 8.29. The van der Waals surface area contributed by atoms with Gasteiger partial charge in [-0.1, -0.05) is 42.6 Å². The topological polar surface area (TPSA) is 77.0 Å². The van der Waals surface area contributed by atoms with Crippen LogP contribution in [0.1, 0.15) is 56.9 Å². The number of hydrazone groups is 1. The molecule has 160 valence electrons. The lowest BCUT2D eigenvalue weighted by molar-refractivity contribution is -0.156. The molecule has 4 aliphatic rings. The first-order chi connectivity index (χ1) is 14.6. The van der Waals surface area contributed by atoms with Crippen LogP contribution in [0.3, 0.4) is 0 Å². The van der Waals surface area contributed by atoms with E-state index in [1.54, 1.807) is 0 Å². The summed E-state index contributed by atoms with van der Waals surface area (Å²) in [5.41, 5.74) is 4.11. The minimum absolute atomic E-state index is 0.0251. The molecule has 3 fully saturated rings. The third kappa shape index (κ3) is 3.75. The Bertz CT molecular complexity index is 871. The number of halogens is 1. The molecule has 2 saturated carbocycles. The molecule has 1 aromatic carbocycles. The lowest BCUT2D eigenvalue weighted by atomic mass is 9.80. The van der Waals surface area contributed by atoms with E-state index in [9.17, 15) is 9.59 Å². The number of nitrogens with one attached hydrogen (secondary N) is 2. The number of hydrogen-bond acceptors (Lipinski definition) is 5. The number of fused-ring (bicyclic) bond motifs is 3. The summed E-state index contributed by atoms with van der Waals surface area (Å²) in [7, 11) is 0. The monoisotopic (exact) mass is 429 g/mol. The van der Waals surface area contributed by atoms with Gasteiger partial charge >= 0.3 is 0 Å². The van der Waals surface area contributed by atoms with Gasteiger partial charge in [0.05, 0.1) is 12.5 Å². The summed E-state index contributed by atoms with van der Waals surface area (Å²) < 4.78 is 0. The molecular formula is C22H28ClN5O2. The number of rotatable bonds is 6. The van der Waals surface area contributed by atoms with Crippen molar-refractivity contribution >= 4 is 29.3 Å². The van der Waals surface area contributed by atoms with Crippen molar-refractivity contribution in [2.24, 2.45) is 11.0 Å². The molecule has 5 rings (SSSR count). The Labute approximate surface area is 181 Å². The first-order valence-corrected chi connectivity index (χ1v) is 11.4. The molecule has 3 unspecified atom stereocenters. The van der Waals surface area contributed by atoms with Crippen molar-refractivity contribution in [3.05, 3.63) is 34.9 Å². The van der Waals surface area contributed by atoms with E-state index in [1.165, 1.54) is 0 Å². The molecule has 2 aliphatic carbocycles. The van der Waals surface area contributed by atoms with Crippen molar-refractivity contribution in [1.82, 2.24) is 20.5 Å². The van der Waals surface area contributed by atoms with Gasteiger partial charge in [-0.05, 0) is 37.3 Å². The minimum Gasteiger partial charge on any atom is -0.353 e. The van der Waals surface area contributed by atoms with Crippen LogP contribution in [0.2, 0.25) is 5.02 Å². The van der Waals surface area contributed by atoms with Gasteiger partial charge in [0.15, 0.2) is 6.29 Å². The fourth-order valence-corrected chi connectivity index (χ4v) is 5.16. The van der Waals surface area contributed by atoms with Gasteiger partial charge in [0.25, 0.3) is 0 Å². The van der Waals surface area contributed by atoms with Crippen LogP contribution in [-0.2, 0) is 16.1 Å². The van der Waals surface area contributed by atoms with Crippen molar-refractivity contribution < 1.29 is 9.59 Å². The van der Waals surface area contributed by atoms with Crippen molar-refractivity contribution in [3.63, 3.8) is 0 Å². The van der Waals surface area contributed by atoms with Gasteiger partial charge in [-0.2, -0.15) is 5.10 Å². The quantitative estimate of drug-likeness (QED) is 0.729. The van der Waals surface area contributed by atoms with Crippen LogP contribution in [0.5, 0.6) is 0 Å². The molecule has 0 spiro atoms. The summed E-state index contributed by atoms with van der Waals surface area (Å²) in [5.74, 6) is 1.13. The van der Waals surface area contributed by atoms with Crippen LogP contribution in [0.25, 0.3) is 0 Å². The van der Waals surface area contributed by atoms with E-state index in [0.29, 0.717) is 30.5 Å². The molecule has 30 heavy (non-hydrogen) atoms. The molecule has 1 aromatic rings. The van der Waals surface area contributed by atoms with Crippen LogP contribution in [0.4, 0.5) is 0 Å². The molecule has 0 bridgehead atoms. The highest BCUT2D eigenvalue weighted by Gasteiger charge is 2.50. The molecule has 1 saturated heterocycles. The van der Waals surface area contributed by atoms with Crippen LogP contribution in [0.15, 0.2) is 29.4 Å². The predicted octanol–water partition coefficient (Wildman–Crippen LogP) is 2.80. The fourth-order valence-electron chi connectivity index (χ4n) is 4.96. The second kappa shape index (κ2) is 8.10. The number of hydrogen-bond donors (Lipinski definition) is 2. The van der Waals surface area contributed by atoms with E-state index in [0.717, 1.165) is 49.9 Å². The fraction of sp³-hybridized carbons (Fsp3) is 0.591. The molecule has 7 nitrogen and oxygen atoms in total. The number of carbonyl (C=O) groups is 2. The molecule has 2 N–H and O–H groups in total. The van der Waals surface area contributed by atoms with Crippen molar-refractivity contribution in [2.75, 3.05) is 0 Å². The molecular weight excluding hydrogens is 402 g/mol. The van der Waals surface area contributed by atoms with Gasteiger partial charge in [0, 0.05) is 29.9 Å². The third-order valence-electron chi connectivity index (χ3n) is 6.67. The standard InChI is InChI=1S/C22H28ClN5O2/c23-17-7-3-1-5-14(17)13-27-21(30)16-6-2-4-8-18(16)28-19(25-26-22(27)28)11-12-20(29)24-15-9-10-15/h1,3,5,7,15-16,18,22,26H,2,4,6,8-13H2,(H,24,29). The first-order valence-electron chi connectivity index (χ1n) is 11.1. The number of amides is 2. The second-order valence-electron chi connectivity index (χ2n) is 8.80. The Morgan fingerprint density at radius 2 is 2.00 bits per heavy atom. The highest BCUT2D eigenvalue weighted by atomic mass is 35.5. The summed E-state index contributed by atoms with van der Waals surface area (Å²) in [6.07, 6.45) is 6.97. The van der Waals surface area contributed by atoms with Crippen LogP contribution < -0.4 is 10.7 Å². The zero-order valence-corrected chi connectivity index (χ0v) is 17.8. The highest BCUT2D eigenvalue weighted by molar-refractivity contribution is 6.31. The second-order valence-corrected chi connectivity index (χ2v) is 9.20. The molecule has 8 heteroatoms. The average Bonchev–Trinajstić information content (AvgIpc) is 3.46. The largest absolute Gasteiger partial charge is 0.353 e. The van der Waals surface area contributed by atoms with E-state index in [4.69, 9.17) is 11.6 Å². The average molecular weight is 430 g/mol. The van der Waals surface area contributed by atoms with E-state index < -0.39 is 0 Å². The smallest absolute Gasteiger partial charge is 0.231 e. The minimum atomic E-state index is -0.311. The third-order valence-corrected chi connectivity index (χ3v) is 7.04. The lowest BCUT2D eigenvalue weighted by Crippen LogP contribution is -2.67. The number of benzene rings is 1. The van der Waals surface area contributed by atoms with Crippen LogP contribution >= 0.6 is 11.6 Å². The molecule has 2 heterocycles. The summed E-state index contributed by atoms with van der Waals surface area (Å²) >= 11 is 6.39. The lowest BCUT2D eigenvalue weighted by Gasteiger charge is -2.50. The molecule has 2 amide bonds. The Kier molecular flexibility index (Phi) is 5.31. The van der Waals surface area contributed by atoms with Gasteiger partial charge in [-0.25, -0.2) is 0 Å². The molecule has 2 aliphatic heterocycles. The van der Waals surface area contributed by atoms with E-state index in [2.05, 4.69) is 20.7 Å².